The third-order valence-electron chi connectivity index (χ3n) is 4.04. The van der Waals surface area contributed by atoms with Gasteiger partial charge in [-0.15, -0.1) is 0 Å². The summed E-state index contributed by atoms with van der Waals surface area (Å²) in [6.07, 6.45) is 2.93. The minimum Gasteiger partial charge on any atom is -0.388 e. The Hall–Kier alpha value is -1.60. The number of aliphatic hydroxyl groups excluding tert-OH is 1. The molecule has 98 valence electrons. The molecule has 0 heterocycles. The van der Waals surface area contributed by atoms with Crippen molar-refractivity contribution < 1.29 is 5.11 Å². The average molecular weight is 252 g/mol. The van der Waals surface area contributed by atoms with Crippen molar-refractivity contribution in [3.63, 3.8) is 0 Å². The van der Waals surface area contributed by atoms with Crippen LogP contribution in [0.5, 0.6) is 0 Å². The molecule has 0 amide bonds. The van der Waals surface area contributed by atoms with Gasteiger partial charge in [-0.05, 0) is 47.9 Å². The number of hydrogen-bond acceptors (Lipinski definition) is 1. The Balaban J connectivity index is 1.72. The van der Waals surface area contributed by atoms with Crippen molar-refractivity contribution in [2.45, 2.75) is 38.2 Å². The molecule has 0 aromatic heterocycles. The lowest BCUT2D eigenvalue weighted by molar-refractivity contribution is 0.178. The molecule has 0 bridgehead atoms. The van der Waals surface area contributed by atoms with Crippen molar-refractivity contribution in [3.8, 4) is 0 Å². The van der Waals surface area contributed by atoms with E-state index in [1.165, 1.54) is 29.5 Å². The van der Waals surface area contributed by atoms with Gasteiger partial charge in [0.05, 0.1) is 6.10 Å². The molecule has 0 aliphatic heterocycles. The highest BCUT2D eigenvalue weighted by atomic mass is 16.3. The molecule has 0 radical (unpaired) electrons. The maximum Gasteiger partial charge on any atom is 0.0830 e. The van der Waals surface area contributed by atoms with E-state index in [1.807, 2.05) is 12.1 Å². The molecule has 1 fully saturated rings. The quantitative estimate of drug-likeness (QED) is 0.866. The molecule has 1 saturated carbocycles. The van der Waals surface area contributed by atoms with Crippen LogP contribution >= 0.6 is 0 Å². The van der Waals surface area contributed by atoms with Gasteiger partial charge in [0.15, 0.2) is 0 Å². The molecule has 3 rings (SSSR count). The van der Waals surface area contributed by atoms with Crippen LogP contribution in [0.25, 0.3) is 0 Å². The molecule has 0 spiro atoms. The van der Waals surface area contributed by atoms with E-state index in [-0.39, 0.29) is 0 Å². The van der Waals surface area contributed by atoms with Gasteiger partial charge in [0.25, 0.3) is 0 Å². The smallest absolute Gasteiger partial charge is 0.0830 e. The van der Waals surface area contributed by atoms with E-state index in [0.717, 1.165) is 11.5 Å². The molecule has 1 aliphatic rings. The first-order chi connectivity index (χ1) is 9.24. The lowest BCUT2D eigenvalue weighted by atomic mass is 9.97. The minimum atomic E-state index is -0.408. The average Bonchev–Trinajstić information content (AvgIpc) is 3.26. The summed E-state index contributed by atoms with van der Waals surface area (Å²) < 4.78 is 0. The first-order valence-electron chi connectivity index (χ1n) is 7.06. The SMILES string of the molecule is Cc1ccccc1CC(O)c1ccc(C2CC2)cc1. The second-order valence-corrected chi connectivity index (χ2v) is 5.59. The number of hydrogen-bond donors (Lipinski definition) is 1. The summed E-state index contributed by atoms with van der Waals surface area (Å²) in [6, 6.07) is 16.8. The highest BCUT2D eigenvalue weighted by molar-refractivity contribution is 5.31. The second-order valence-electron chi connectivity index (χ2n) is 5.59. The predicted molar refractivity (Wildman–Crippen MR) is 78.3 cm³/mol. The van der Waals surface area contributed by atoms with Gasteiger partial charge in [-0.2, -0.15) is 0 Å². The summed E-state index contributed by atoms with van der Waals surface area (Å²) in [5.41, 5.74) is 4.91. The van der Waals surface area contributed by atoms with E-state index in [1.54, 1.807) is 0 Å². The zero-order chi connectivity index (χ0) is 13.2. The largest absolute Gasteiger partial charge is 0.388 e. The molecule has 2 aromatic carbocycles. The molecule has 0 saturated heterocycles. The fourth-order valence-corrected chi connectivity index (χ4v) is 2.57. The monoisotopic (exact) mass is 252 g/mol. The Morgan fingerprint density at radius 2 is 1.74 bits per heavy atom. The highest BCUT2D eigenvalue weighted by Gasteiger charge is 2.23. The van der Waals surface area contributed by atoms with Gasteiger partial charge in [0.2, 0.25) is 0 Å². The summed E-state index contributed by atoms with van der Waals surface area (Å²) in [4.78, 5) is 0. The van der Waals surface area contributed by atoms with Crippen LogP contribution in [0, 0.1) is 6.92 Å². The predicted octanol–water partition coefficient (Wildman–Crippen LogP) is 4.15. The Bertz CT molecular complexity index is 552. The van der Waals surface area contributed by atoms with Crippen molar-refractivity contribution in [3.05, 3.63) is 70.8 Å². The van der Waals surface area contributed by atoms with E-state index in [4.69, 9.17) is 0 Å². The van der Waals surface area contributed by atoms with Crippen molar-refractivity contribution >= 4 is 0 Å². The van der Waals surface area contributed by atoms with Gasteiger partial charge in [0, 0.05) is 6.42 Å². The molecule has 1 unspecified atom stereocenters. The summed E-state index contributed by atoms with van der Waals surface area (Å²) in [7, 11) is 0. The zero-order valence-electron chi connectivity index (χ0n) is 11.3. The molecule has 1 nitrogen and oxygen atoms in total. The highest BCUT2D eigenvalue weighted by Crippen LogP contribution is 2.40. The lowest BCUT2D eigenvalue weighted by Gasteiger charge is -2.13. The van der Waals surface area contributed by atoms with Gasteiger partial charge in [-0.1, -0.05) is 48.5 Å². The van der Waals surface area contributed by atoms with Crippen LogP contribution in [0.3, 0.4) is 0 Å². The number of aryl methyl sites for hydroxylation is 1. The van der Waals surface area contributed by atoms with Gasteiger partial charge in [-0.25, -0.2) is 0 Å². The Morgan fingerprint density at radius 1 is 1.05 bits per heavy atom. The third-order valence-corrected chi connectivity index (χ3v) is 4.04. The van der Waals surface area contributed by atoms with Gasteiger partial charge >= 0.3 is 0 Å². The van der Waals surface area contributed by atoms with Gasteiger partial charge in [-0.3, -0.25) is 0 Å². The van der Waals surface area contributed by atoms with E-state index in [9.17, 15) is 5.11 Å². The molecular weight excluding hydrogens is 232 g/mol. The molecule has 19 heavy (non-hydrogen) atoms. The topological polar surface area (TPSA) is 20.2 Å². The standard InChI is InChI=1S/C18H20O/c1-13-4-2-3-5-17(13)12-18(19)16-10-8-15(9-11-16)14-6-7-14/h2-5,8-11,14,18-19H,6-7,12H2,1H3. The molecular formula is C18H20O. The van der Waals surface area contributed by atoms with Gasteiger partial charge in [0.1, 0.15) is 0 Å². The van der Waals surface area contributed by atoms with Crippen LogP contribution in [0.15, 0.2) is 48.5 Å². The Labute approximate surface area is 114 Å². The van der Waals surface area contributed by atoms with E-state index < -0.39 is 6.10 Å². The summed E-state index contributed by atoms with van der Waals surface area (Å²) in [5, 5.41) is 10.3. The molecule has 1 heteroatoms. The number of aliphatic hydroxyl groups is 1. The Kier molecular flexibility index (Phi) is 3.39. The van der Waals surface area contributed by atoms with Crippen LogP contribution in [-0.2, 0) is 6.42 Å². The van der Waals surface area contributed by atoms with E-state index >= 15 is 0 Å². The van der Waals surface area contributed by atoms with Crippen LogP contribution in [0.2, 0.25) is 0 Å². The van der Waals surface area contributed by atoms with Crippen LogP contribution in [0.1, 0.15) is 47.1 Å². The minimum absolute atomic E-state index is 0.408. The molecule has 1 N–H and O–H groups in total. The zero-order valence-corrected chi connectivity index (χ0v) is 11.3. The number of rotatable bonds is 4. The van der Waals surface area contributed by atoms with Gasteiger partial charge < -0.3 is 5.11 Å². The van der Waals surface area contributed by atoms with Crippen molar-refractivity contribution in [2.24, 2.45) is 0 Å². The fourth-order valence-electron chi connectivity index (χ4n) is 2.57. The first-order valence-corrected chi connectivity index (χ1v) is 7.06. The first kappa shape index (κ1) is 12.4. The van der Waals surface area contributed by atoms with Crippen LogP contribution in [0.4, 0.5) is 0 Å². The molecule has 2 aromatic rings. The maximum absolute atomic E-state index is 10.3. The van der Waals surface area contributed by atoms with Crippen LogP contribution in [-0.4, -0.2) is 5.11 Å². The lowest BCUT2D eigenvalue weighted by Crippen LogP contribution is -2.03. The van der Waals surface area contributed by atoms with Crippen molar-refractivity contribution in [1.82, 2.24) is 0 Å². The summed E-state index contributed by atoms with van der Waals surface area (Å²) in [6.45, 7) is 2.10. The summed E-state index contributed by atoms with van der Waals surface area (Å²) >= 11 is 0. The third kappa shape index (κ3) is 2.87. The van der Waals surface area contributed by atoms with E-state index in [0.29, 0.717) is 6.42 Å². The van der Waals surface area contributed by atoms with Crippen LogP contribution < -0.4 is 0 Å². The Morgan fingerprint density at radius 3 is 2.37 bits per heavy atom. The van der Waals surface area contributed by atoms with Crippen molar-refractivity contribution in [1.29, 1.82) is 0 Å². The van der Waals surface area contributed by atoms with E-state index in [2.05, 4.69) is 43.3 Å². The molecule has 1 aliphatic carbocycles. The molecule has 1 atom stereocenters. The number of benzene rings is 2. The summed E-state index contributed by atoms with van der Waals surface area (Å²) in [5.74, 6) is 0.780. The second kappa shape index (κ2) is 5.18. The van der Waals surface area contributed by atoms with Crippen molar-refractivity contribution in [2.75, 3.05) is 0 Å². The maximum atomic E-state index is 10.3. The normalized spacial score (nSPS) is 16.3. The fraction of sp³-hybridized carbons (Fsp3) is 0.333.